The Morgan fingerprint density at radius 3 is 2.62 bits per heavy atom. The highest BCUT2D eigenvalue weighted by Crippen LogP contribution is 2.28. The predicted octanol–water partition coefficient (Wildman–Crippen LogP) is 2.63. The molecule has 1 fully saturated rings. The molecular formula is C16H26N2O2S. The molecule has 0 saturated carbocycles. The summed E-state index contributed by atoms with van der Waals surface area (Å²) in [6, 6.07) is 7.41. The molecule has 1 aromatic carbocycles. The average molecular weight is 310 g/mol. The van der Waals surface area contributed by atoms with E-state index < -0.39 is 10.0 Å². The van der Waals surface area contributed by atoms with Gasteiger partial charge in [-0.15, -0.1) is 0 Å². The zero-order chi connectivity index (χ0) is 15.6. The van der Waals surface area contributed by atoms with Gasteiger partial charge in [0, 0.05) is 19.1 Å². The van der Waals surface area contributed by atoms with Crippen LogP contribution >= 0.6 is 0 Å². The summed E-state index contributed by atoms with van der Waals surface area (Å²) in [5.41, 5.74) is 0.997. The SMILES string of the molecule is CNC(C)c1cccc(S(=O)(=O)N2CCC(C)C(C)C2)c1. The number of sulfonamides is 1. The van der Waals surface area contributed by atoms with Crippen molar-refractivity contribution in [3.63, 3.8) is 0 Å². The Kier molecular flexibility index (Phi) is 5.07. The van der Waals surface area contributed by atoms with E-state index in [0.717, 1.165) is 12.0 Å². The van der Waals surface area contributed by atoms with Crippen LogP contribution < -0.4 is 5.32 Å². The third-order valence-corrected chi connectivity index (χ3v) is 6.59. The van der Waals surface area contributed by atoms with Crippen molar-refractivity contribution in [2.24, 2.45) is 11.8 Å². The maximum atomic E-state index is 12.8. The fourth-order valence-electron chi connectivity index (χ4n) is 2.70. The Bertz CT molecular complexity index is 586. The molecule has 5 heteroatoms. The summed E-state index contributed by atoms with van der Waals surface area (Å²) < 4.78 is 27.3. The monoisotopic (exact) mass is 310 g/mol. The summed E-state index contributed by atoms with van der Waals surface area (Å²) >= 11 is 0. The average Bonchev–Trinajstić information content (AvgIpc) is 2.49. The molecule has 0 aromatic heterocycles. The van der Waals surface area contributed by atoms with E-state index in [0.29, 0.717) is 29.8 Å². The number of nitrogens with zero attached hydrogens (tertiary/aromatic N) is 1. The second-order valence-electron chi connectivity index (χ2n) is 6.19. The lowest BCUT2D eigenvalue weighted by Crippen LogP contribution is -2.42. The minimum absolute atomic E-state index is 0.139. The van der Waals surface area contributed by atoms with Gasteiger partial charge >= 0.3 is 0 Å². The second kappa shape index (κ2) is 6.46. The molecule has 1 heterocycles. The largest absolute Gasteiger partial charge is 0.313 e. The lowest BCUT2D eigenvalue weighted by atomic mass is 9.90. The Balaban J connectivity index is 2.27. The van der Waals surface area contributed by atoms with Crippen LogP contribution in [0.15, 0.2) is 29.2 Å². The fourth-order valence-corrected chi connectivity index (χ4v) is 4.31. The molecule has 1 aliphatic rings. The van der Waals surface area contributed by atoms with E-state index in [2.05, 4.69) is 19.2 Å². The number of hydrogen-bond acceptors (Lipinski definition) is 3. The van der Waals surface area contributed by atoms with E-state index in [-0.39, 0.29) is 6.04 Å². The van der Waals surface area contributed by atoms with Crippen LogP contribution in [0, 0.1) is 11.8 Å². The molecule has 1 saturated heterocycles. The highest BCUT2D eigenvalue weighted by atomic mass is 32.2. The topological polar surface area (TPSA) is 49.4 Å². The Labute approximate surface area is 128 Å². The van der Waals surface area contributed by atoms with Gasteiger partial charge in [-0.25, -0.2) is 8.42 Å². The third-order valence-electron chi connectivity index (χ3n) is 4.73. The van der Waals surface area contributed by atoms with Crippen molar-refractivity contribution in [2.75, 3.05) is 20.1 Å². The summed E-state index contributed by atoms with van der Waals surface area (Å²) in [5.74, 6) is 1.00. The summed E-state index contributed by atoms with van der Waals surface area (Å²) in [6.07, 6.45) is 0.938. The molecule has 118 valence electrons. The molecule has 1 N–H and O–H groups in total. The molecule has 0 amide bonds. The molecule has 0 aliphatic carbocycles. The van der Waals surface area contributed by atoms with E-state index in [9.17, 15) is 8.42 Å². The summed E-state index contributed by atoms with van der Waals surface area (Å²) in [6.45, 7) is 7.60. The first-order valence-corrected chi connectivity index (χ1v) is 9.07. The van der Waals surface area contributed by atoms with Crippen molar-refractivity contribution in [3.05, 3.63) is 29.8 Å². The Hall–Kier alpha value is -0.910. The van der Waals surface area contributed by atoms with Gasteiger partial charge in [0.15, 0.2) is 0 Å². The highest BCUT2D eigenvalue weighted by Gasteiger charge is 2.31. The molecule has 1 aliphatic heterocycles. The van der Waals surface area contributed by atoms with Crippen molar-refractivity contribution in [1.82, 2.24) is 9.62 Å². The first kappa shape index (κ1) is 16.5. The van der Waals surface area contributed by atoms with Crippen LogP contribution in [0.2, 0.25) is 0 Å². The maximum absolute atomic E-state index is 12.8. The van der Waals surface area contributed by atoms with Crippen molar-refractivity contribution in [3.8, 4) is 0 Å². The first-order valence-electron chi connectivity index (χ1n) is 7.63. The van der Waals surface area contributed by atoms with E-state index in [1.807, 2.05) is 26.1 Å². The van der Waals surface area contributed by atoms with E-state index >= 15 is 0 Å². The lowest BCUT2D eigenvalue weighted by molar-refractivity contribution is 0.212. The minimum Gasteiger partial charge on any atom is -0.313 e. The molecule has 3 atom stereocenters. The van der Waals surface area contributed by atoms with Crippen molar-refractivity contribution < 1.29 is 8.42 Å². The molecule has 0 radical (unpaired) electrons. The van der Waals surface area contributed by atoms with Crippen LogP contribution in [0.4, 0.5) is 0 Å². The molecule has 4 nitrogen and oxygen atoms in total. The number of rotatable bonds is 4. The van der Waals surface area contributed by atoms with Gasteiger partial charge in [0.2, 0.25) is 10.0 Å². The Morgan fingerprint density at radius 1 is 1.29 bits per heavy atom. The zero-order valence-corrected chi connectivity index (χ0v) is 14.2. The number of nitrogens with one attached hydrogen (secondary N) is 1. The summed E-state index contributed by atoms with van der Waals surface area (Å²) in [7, 11) is -1.50. The maximum Gasteiger partial charge on any atom is 0.243 e. The Morgan fingerprint density at radius 2 is 2.00 bits per heavy atom. The van der Waals surface area contributed by atoms with Crippen LogP contribution in [0.5, 0.6) is 0 Å². The smallest absolute Gasteiger partial charge is 0.243 e. The van der Waals surface area contributed by atoms with Gasteiger partial charge in [-0.3, -0.25) is 0 Å². The summed E-state index contributed by atoms with van der Waals surface area (Å²) in [5, 5.41) is 3.14. The van der Waals surface area contributed by atoms with Gasteiger partial charge in [0.1, 0.15) is 0 Å². The van der Waals surface area contributed by atoms with Crippen molar-refractivity contribution in [2.45, 2.75) is 38.1 Å². The normalized spacial score (nSPS) is 25.7. The van der Waals surface area contributed by atoms with Gasteiger partial charge in [0.05, 0.1) is 4.90 Å². The molecule has 1 aromatic rings. The number of benzene rings is 1. The first-order chi connectivity index (χ1) is 9.86. The van der Waals surface area contributed by atoms with E-state index in [1.165, 1.54) is 0 Å². The number of piperidine rings is 1. The zero-order valence-electron chi connectivity index (χ0n) is 13.3. The molecule has 2 rings (SSSR count). The van der Waals surface area contributed by atoms with Crippen LogP contribution in [0.1, 0.15) is 38.8 Å². The molecule has 0 bridgehead atoms. The van der Waals surface area contributed by atoms with Crippen LogP contribution in [0.3, 0.4) is 0 Å². The van der Waals surface area contributed by atoms with Crippen molar-refractivity contribution in [1.29, 1.82) is 0 Å². The highest BCUT2D eigenvalue weighted by molar-refractivity contribution is 7.89. The number of hydrogen-bond donors (Lipinski definition) is 1. The summed E-state index contributed by atoms with van der Waals surface area (Å²) in [4.78, 5) is 0.406. The van der Waals surface area contributed by atoms with Gasteiger partial charge in [-0.2, -0.15) is 4.31 Å². The van der Waals surface area contributed by atoms with E-state index in [1.54, 1.807) is 16.4 Å². The van der Waals surface area contributed by atoms with Gasteiger partial charge in [-0.05, 0) is 49.9 Å². The van der Waals surface area contributed by atoms with Gasteiger partial charge in [0.25, 0.3) is 0 Å². The van der Waals surface area contributed by atoms with Crippen LogP contribution in [0.25, 0.3) is 0 Å². The molecule has 21 heavy (non-hydrogen) atoms. The van der Waals surface area contributed by atoms with Gasteiger partial charge in [-0.1, -0.05) is 26.0 Å². The van der Waals surface area contributed by atoms with Crippen LogP contribution in [-0.4, -0.2) is 32.9 Å². The molecule has 3 unspecified atom stereocenters. The molecule has 0 spiro atoms. The fraction of sp³-hybridized carbons (Fsp3) is 0.625. The standard InChI is InChI=1S/C16H26N2O2S/c1-12-8-9-18(11-13(12)2)21(19,20)16-7-5-6-15(10-16)14(3)17-4/h5-7,10,12-14,17H,8-9,11H2,1-4H3. The predicted molar refractivity (Wildman–Crippen MR) is 85.6 cm³/mol. The van der Waals surface area contributed by atoms with Crippen LogP contribution in [-0.2, 0) is 10.0 Å². The second-order valence-corrected chi connectivity index (χ2v) is 8.13. The van der Waals surface area contributed by atoms with E-state index in [4.69, 9.17) is 0 Å². The van der Waals surface area contributed by atoms with Gasteiger partial charge < -0.3 is 5.32 Å². The third kappa shape index (κ3) is 3.47. The van der Waals surface area contributed by atoms with Crippen molar-refractivity contribution >= 4 is 10.0 Å². The minimum atomic E-state index is -3.38. The quantitative estimate of drug-likeness (QED) is 0.930. The molecular weight excluding hydrogens is 284 g/mol. The lowest BCUT2D eigenvalue weighted by Gasteiger charge is -2.34.